The third-order valence-corrected chi connectivity index (χ3v) is 3.13. The molecule has 0 bridgehead atoms. The first-order chi connectivity index (χ1) is 5.22. The average molecular weight is 150 g/mol. The van der Waals surface area contributed by atoms with Crippen molar-refractivity contribution >= 4 is 5.78 Å². The summed E-state index contributed by atoms with van der Waals surface area (Å²) in [5.41, 5.74) is 0.754. The molecule has 2 saturated carbocycles. The molecule has 1 nitrogen and oxygen atoms in total. The summed E-state index contributed by atoms with van der Waals surface area (Å²) in [6.45, 7) is 5.52. The molecule has 0 heterocycles. The summed E-state index contributed by atoms with van der Waals surface area (Å²) in [4.78, 5) is 11.4. The number of hydrogen-bond donors (Lipinski definition) is 0. The lowest BCUT2D eigenvalue weighted by atomic mass is 10.0. The number of carbonyl (C=O) groups is 1. The van der Waals surface area contributed by atoms with Crippen molar-refractivity contribution in [2.45, 2.75) is 26.2 Å². The summed E-state index contributed by atoms with van der Waals surface area (Å²) >= 11 is 0. The van der Waals surface area contributed by atoms with E-state index in [1.165, 1.54) is 19.3 Å². The normalized spacial score (nSPS) is 39.9. The molecule has 2 unspecified atom stereocenters. The lowest BCUT2D eigenvalue weighted by Gasteiger charge is -2.00. The molecule has 2 aliphatic carbocycles. The van der Waals surface area contributed by atoms with Crippen molar-refractivity contribution in [2.24, 2.45) is 17.8 Å². The average Bonchev–Trinajstić information content (AvgIpc) is 2.41. The van der Waals surface area contributed by atoms with Gasteiger partial charge in [0.1, 0.15) is 0 Å². The van der Waals surface area contributed by atoms with E-state index >= 15 is 0 Å². The molecule has 0 aromatic rings. The number of ketones is 1. The minimum Gasteiger partial charge on any atom is -0.294 e. The summed E-state index contributed by atoms with van der Waals surface area (Å²) in [6, 6.07) is 0. The highest BCUT2D eigenvalue weighted by atomic mass is 16.1. The number of hydrogen-bond acceptors (Lipinski definition) is 1. The fourth-order valence-electron chi connectivity index (χ4n) is 2.49. The van der Waals surface area contributed by atoms with Gasteiger partial charge >= 0.3 is 0 Å². The summed E-state index contributed by atoms with van der Waals surface area (Å²) in [5.74, 6) is 2.22. The quantitative estimate of drug-likeness (QED) is 0.551. The van der Waals surface area contributed by atoms with Gasteiger partial charge in [0.2, 0.25) is 0 Å². The maximum atomic E-state index is 11.4. The summed E-state index contributed by atoms with van der Waals surface area (Å²) < 4.78 is 0. The molecule has 1 heteroatoms. The van der Waals surface area contributed by atoms with Crippen LogP contribution in [0, 0.1) is 17.8 Å². The van der Waals surface area contributed by atoms with Gasteiger partial charge in [-0.15, -0.1) is 0 Å². The number of allylic oxidation sites excluding steroid dienone is 1. The van der Waals surface area contributed by atoms with Gasteiger partial charge in [0.05, 0.1) is 0 Å². The van der Waals surface area contributed by atoms with Crippen LogP contribution in [-0.2, 0) is 4.79 Å². The zero-order valence-corrected chi connectivity index (χ0v) is 6.97. The van der Waals surface area contributed by atoms with Gasteiger partial charge in [-0.2, -0.15) is 0 Å². The molecule has 0 spiro atoms. The smallest absolute Gasteiger partial charge is 0.161 e. The van der Waals surface area contributed by atoms with Gasteiger partial charge in [-0.05, 0) is 37.2 Å². The van der Waals surface area contributed by atoms with Crippen LogP contribution >= 0.6 is 0 Å². The van der Waals surface area contributed by atoms with Crippen molar-refractivity contribution < 1.29 is 4.79 Å². The molecule has 2 atom stereocenters. The maximum Gasteiger partial charge on any atom is 0.161 e. The molecule has 0 radical (unpaired) electrons. The molecule has 0 aromatic heterocycles. The van der Waals surface area contributed by atoms with Crippen LogP contribution in [0.5, 0.6) is 0 Å². The van der Waals surface area contributed by atoms with Crippen molar-refractivity contribution in [1.82, 2.24) is 0 Å². The van der Waals surface area contributed by atoms with E-state index in [2.05, 4.69) is 6.58 Å². The first kappa shape index (κ1) is 7.08. The molecule has 2 rings (SSSR count). The molecule has 0 N–H and O–H groups in total. The second kappa shape index (κ2) is 2.20. The summed E-state index contributed by atoms with van der Waals surface area (Å²) in [5, 5.41) is 0. The van der Waals surface area contributed by atoms with E-state index in [4.69, 9.17) is 0 Å². The fourth-order valence-corrected chi connectivity index (χ4v) is 2.49. The first-order valence-corrected chi connectivity index (χ1v) is 4.41. The van der Waals surface area contributed by atoms with E-state index in [-0.39, 0.29) is 0 Å². The Balaban J connectivity index is 2.00. The van der Waals surface area contributed by atoms with Crippen LogP contribution in [0.25, 0.3) is 0 Å². The van der Waals surface area contributed by atoms with E-state index in [0.29, 0.717) is 11.7 Å². The fraction of sp³-hybridized carbons (Fsp3) is 0.700. The molecule has 0 aliphatic heterocycles. The highest BCUT2D eigenvalue weighted by Crippen LogP contribution is 2.58. The van der Waals surface area contributed by atoms with Gasteiger partial charge < -0.3 is 0 Å². The Labute approximate surface area is 67.5 Å². The SMILES string of the molecule is C=C(C)C(=O)C1C2CCCC21. The minimum atomic E-state index is 0.333. The first-order valence-electron chi connectivity index (χ1n) is 4.41. The predicted molar refractivity (Wildman–Crippen MR) is 44.1 cm³/mol. The second-order valence-corrected chi connectivity index (χ2v) is 3.93. The Morgan fingerprint density at radius 2 is 1.91 bits per heavy atom. The zero-order chi connectivity index (χ0) is 8.01. The Kier molecular flexibility index (Phi) is 1.41. The molecular weight excluding hydrogens is 136 g/mol. The number of carbonyl (C=O) groups excluding carboxylic acids is 1. The van der Waals surface area contributed by atoms with Gasteiger partial charge in [0, 0.05) is 5.92 Å². The van der Waals surface area contributed by atoms with Gasteiger partial charge in [0.15, 0.2) is 5.78 Å². The van der Waals surface area contributed by atoms with Crippen LogP contribution in [0.15, 0.2) is 12.2 Å². The van der Waals surface area contributed by atoms with Gasteiger partial charge in [-0.3, -0.25) is 4.79 Å². The largest absolute Gasteiger partial charge is 0.294 e. The van der Waals surface area contributed by atoms with E-state index in [1.807, 2.05) is 6.92 Å². The van der Waals surface area contributed by atoms with Crippen molar-refractivity contribution in [3.8, 4) is 0 Å². The molecule has 0 aromatic carbocycles. The molecule has 0 amide bonds. The molecular formula is C10H14O. The van der Waals surface area contributed by atoms with E-state index in [9.17, 15) is 4.79 Å². The van der Waals surface area contributed by atoms with Gasteiger partial charge in [0.25, 0.3) is 0 Å². The van der Waals surface area contributed by atoms with Gasteiger partial charge in [-0.25, -0.2) is 0 Å². The summed E-state index contributed by atoms with van der Waals surface area (Å²) in [7, 11) is 0. The highest BCUT2D eigenvalue weighted by Gasteiger charge is 2.55. The Bertz CT molecular complexity index is 207. The van der Waals surface area contributed by atoms with Crippen LogP contribution in [0.2, 0.25) is 0 Å². The second-order valence-electron chi connectivity index (χ2n) is 3.93. The van der Waals surface area contributed by atoms with E-state index in [0.717, 1.165) is 17.4 Å². The Hall–Kier alpha value is -0.590. The van der Waals surface area contributed by atoms with Crippen LogP contribution in [-0.4, -0.2) is 5.78 Å². The highest BCUT2D eigenvalue weighted by molar-refractivity contribution is 5.98. The van der Waals surface area contributed by atoms with Crippen molar-refractivity contribution in [2.75, 3.05) is 0 Å². The lowest BCUT2D eigenvalue weighted by molar-refractivity contribution is -0.117. The predicted octanol–water partition coefficient (Wildman–Crippen LogP) is 2.18. The lowest BCUT2D eigenvalue weighted by Crippen LogP contribution is -2.05. The number of fused-ring (bicyclic) bond motifs is 1. The molecule has 0 saturated heterocycles. The van der Waals surface area contributed by atoms with Crippen molar-refractivity contribution in [3.63, 3.8) is 0 Å². The molecule has 60 valence electrons. The van der Waals surface area contributed by atoms with Crippen molar-refractivity contribution in [3.05, 3.63) is 12.2 Å². The minimum absolute atomic E-state index is 0.333. The standard InChI is InChI=1S/C10H14O/c1-6(2)10(11)9-7-4-3-5-8(7)9/h7-9H,1,3-5H2,2H3. The maximum absolute atomic E-state index is 11.4. The third-order valence-electron chi connectivity index (χ3n) is 3.13. The Morgan fingerprint density at radius 3 is 2.36 bits per heavy atom. The topological polar surface area (TPSA) is 17.1 Å². The zero-order valence-electron chi connectivity index (χ0n) is 6.97. The third kappa shape index (κ3) is 0.943. The van der Waals surface area contributed by atoms with E-state index < -0.39 is 0 Å². The van der Waals surface area contributed by atoms with Gasteiger partial charge in [-0.1, -0.05) is 13.0 Å². The molecule has 11 heavy (non-hydrogen) atoms. The van der Waals surface area contributed by atoms with Crippen LogP contribution < -0.4 is 0 Å². The molecule has 2 fully saturated rings. The molecule has 2 aliphatic rings. The van der Waals surface area contributed by atoms with Crippen LogP contribution in [0.3, 0.4) is 0 Å². The monoisotopic (exact) mass is 150 g/mol. The van der Waals surface area contributed by atoms with E-state index in [1.54, 1.807) is 0 Å². The van der Waals surface area contributed by atoms with Crippen LogP contribution in [0.4, 0.5) is 0 Å². The number of rotatable bonds is 2. The summed E-state index contributed by atoms with van der Waals surface area (Å²) in [6.07, 6.45) is 3.91. The Morgan fingerprint density at radius 1 is 1.36 bits per heavy atom. The number of Topliss-reactive ketones (excluding diaryl/α,β-unsaturated/α-hetero) is 1. The van der Waals surface area contributed by atoms with Crippen molar-refractivity contribution in [1.29, 1.82) is 0 Å². The van der Waals surface area contributed by atoms with Crippen LogP contribution in [0.1, 0.15) is 26.2 Å².